The highest BCUT2D eigenvalue weighted by molar-refractivity contribution is 5.92. The van der Waals surface area contributed by atoms with Crippen LogP contribution in [-0.4, -0.2) is 40.1 Å². The van der Waals surface area contributed by atoms with E-state index < -0.39 is 0 Å². The summed E-state index contributed by atoms with van der Waals surface area (Å²) in [6, 6.07) is 3.88. The molecule has 2 unspecified atom stereocenters. The van der Waals surface area contributed by atoms with Crippen molar-refractivity contribution in [3.05, 3.63) is 17.8 Å². The third kappa shape index (κ3) is 3.46. The van der Waals surface area contributed by atoms with Gasteiger partial charge in [-0.15, -0.1) is 10.2 Å². The standard InChI is InChI=1S/C15H24N4O/c1-4-9-16-14-8-7-13(17-18-14)15(20)19-10-11(2)5-6-12(19)3/h7-8,11-12H,4-6,9-10H2,1-3H3,(H,16,18). The highest BCUT2D eigenvalue weighted by Gasteiger charge is 2.28. The Hall–Kier alpha value is -1.65. The van der Waals surface area contributed by atoms with Crippen LogP contribution in [-0.2, 0) is 0 Å². The number of hydrogen-bond donors (Lipinski definition) is 1. The van der Waals surface area contributed by atoms with Gasteiger partial charge in [0.25, 0.3) is 5.91 Å². The third-order valence-corrected chi connectivity index (χ3v) is 3.82. The van der Waals surface area contributed by atoms with E-state index in [0.29, 0.717) is 17.7 Å². The first-order valence-electron chi connectivity index (χ1n) is 7.50. The van der Waals surface area contributed by atoms with Crippen molar-refractivity contribution in [2.45, 2.75) is 46.1 Å². The zero-order valence-corrected chi connectivity index (χ0v) is 12.6. The average Bonchev–Trinajstić information content (AvgIpc) is 2.47. The lowest BCUT2D eigenvalue weighted by Gasteiger charge is -2.36. The molecule has 1 saturated heterocycles. The molecule has 1 aromatic rings. The van der Waals surface area contributed by atoms with E-state index in [1.165, 1.54) is 6.42 Å². The van der Waals surface area contributed by atoms with Gasteiger partial charge in [-0.25, -0.2) is 0 Å². The van der Waals surface area contributed by atoms with Crippen molar-refractivity contribution >= 4 is 11.7 Å². The monoisotopic (exact) mass is 276 g/mol. The summed E-state index contributed by atoms with van der Waals surface area (Å²) in [7, 11) is 0. The third-order valence-electron chi connectivity index (χ3n) is 3.82. The van der Waals surface area contributed by atoms with Gasteiger partial charge in [-0.1, -0.05) is 13.8 Å². The molecule has 2 heterocycles. The van der Waals surface area contributed by atoms with Crippen molar-refractivity contribution in [2.75, 3.05) is 18.4 Å². The number of likely N-dealkylation sites (tertiary alicyclic amines) is 1. The van der Waals surface area contributed by atoms with Gasteiger partial charge >= 0.3 is 0 Å². The first kappa shape index (κ1) is 14.8. The normalized spacial score (nSPS) is 22.6. The van der Waals surface area contributed by atoms with Crippen LogP contribution in [0.1, 0.15) is 50.5 Å². The van der Waals surface area contributed by atoms with Crippen molar-refractivity contribution in [3.63, 3.8) is 0 Å². The van der Waals surface area contributed by atoms with Crippen molar-refractivity contribution in [1.82, 2.24) is 15.1 Å². The van der Waals surface area contributed by atoms with E-state index in [0.717, 1.165) is 31.7 Å². The summed E-state index contributed by atoms with van der Waals surface area (Å²) >= 11 is 0. The fraction of sp³-hybridized carbons (Fsp3) is 0.667. The van der Waals surface area contributed by atoms with E-state index in [1.54, 1.807) is 6.07 Å². The molecule has 0 aliphatic carbocycles. The number of aromatic nitrogens is 2. The summed E-state index contributed by atoms with van der Waals surface area (Å²) < 4.78 is 0. The van der Waals surface area contributed by atoms with Gasteiger partial charge in [-0.05, 0) is 44.2 Å². The molecule has 1 aliphatic rings. The summed E-state index contributed by atoms with van der Waals surface area (Å²) in [5.41, 5.74) is 0.438. The van der Waals surface area contributed by atoms with Gasteiger partial charge in [0.15, 0.2) is 5.69 Å². The van der Waals surface area contributed by atoms with Crippen LogP contribution in [0.2, 0.25) is 0 Å². The Balaban J connectivity index is 2.04. The number of hydrogen-bond acceptors (Lipinski definition) is 4. The number of carbonyl (C=O) groups excluding carboxylic acids is 1. The zero-order chi connectivity index (χ0) is 14.5. The smallest absolute Gasteiger partial charge is 0.274 e. The molecule has 1 N–H and O–H groups in total. The van der Waals surface area contributed by atoms with E-state index in [4.69, 9.17) is 0 Å². The lowest BCUT2D eigenvalue weighted by molar-refractivity contribution is 0.0567. The predicted molar refractivity (Wildman–Crippen MR) is 79.7 cm³/mol. The maximum absolute atomic E-state index is 12.5. The molecule has 1 amide bonds. The maximum atomic E-state index is 12.5. The molecule has 1 aromatic heterocycles. The van der Waals surface area contributed by atoms with E-state index >= 15 is 0 Å². The Morgan fingerprint density at radius 2 is 2.15 bits per heavy atom. The summed E-state index contributed by atoms with van der Waals surface area (Å²) in [5.74, 6) is 1.29. The number of nitrogens with zero attached hydrogens (tertiary/aromatic N) is 3. The molecule has 5 heteroatoms. The number of nitrogens with one attached hydrogen (secondary N) is 1. The molecule has 0 aromatic carbocycles. The molecule has 1 fully saturated rings. The minimum atomic E-state index is -0.00130. The number of anilines is 1. The molecule has 0 radical (unpaired) electrons. The average molecular weight is 276 g/mol. The van der Waals surface area contributed by atoms with Crippen LogP contribution in [0.15, 0.2) is 12.1 Å². The summed E-state index contributed by atoms with van der Waals surface area (Å²) in [5, 5.41) is 11.3. The molecule has 5 nitrogen and oxygen atoms in total. The van der Waals surface area contributed by atoms with E-state index in [1.807, 2.05) is 11.0 Å². The molecule has 110 valence electrons. The van der Waals surface area contributed by atoms with Gasteiger partial charge < -0.3 is 10.2 Å². The van der Waals surface area contributed by atoms with Crippen LogP contribution in [0.4, 0.5) is 5.82 Å². The Morgan fingerprint density at radius 1 is 1.35 bits per heavy atom. The molecular formula is C15H24N4O. The van der Waals surface area contributed by atoms with Crippen LogP contribution in [0.5, 0.6) is 0 Å². The summed E-state index contributed by atoms with van der Waals surface area (Å²) in [4.78, 5) is 14.4. The van der Waals surface area contributed by atoms with Crippen LogP contribution in [0, 0.1) is 5.92 Å². The maximum Gasteiger partial charge on any atom is 0.274 e. The molecule has 0 spiro atoms. The summed E-state index contributed by atoms with van der Waals surface area (Å²) in [6.07, 6.45) is 3.29. The lowest BCUT2D eigenvalue weighted by Crippen LogP contribution is -2.45. The van der Waals surface area contributed by atoms with E-state index in [2.05, 4.69) is 36.3 Å². The second kappa shape index (κ2) is 6.68. The molecular weight excluding hydrogens is 252 g/mol. The predicted octanol–water partition coefficient (Wildman–Crippen LogP) is 2.56. The zero-order valence-electron chi connectivity index (χ0n) is 12.6. The van der Waals surface area contributed by atoms with Crippen LogP contribution < -0.4 is 5.32 Å². The Kier molecular flexibility index (Phi) is 4.93. The van der Waals surface area contributed by atoms with Crippen molar-refractivity contribution < 1.29 is 4.79 Å². The molecule has 20 heavy (non-hydrogen) atoms. The molecule has 0 saturated carbocycles. The van der Waals surface area contributed by atoms with Crippen LogP contribution in [0.25, 0.3) is 0 Å². The minimum Gasteiger partial charge on any atom is -0.369 e. The first-order chi connectivity index (χ1) is 9.61. The second-order valence-electron chi connectivity index (χ2n) is 5.72. The fourth-order valence-electron chi connectivity index (χ4n) is 2.51. The number of rotatable bonds is 4. The van der Waals surface area contributed by atoms with Crippen LogP contribution in [0.3, 0.4) is 0 Å². The number of carbonyl (C=O) groups is 1. The van der Waals surface area contributed by atoms with Gasteiger partial charge in [0.05, 0.1) is 0 Å². The molecule has 0 bridgehead atoms. The summed E-state index contributed by atoms with van der Waals surface area (Å²) in [6.45, 7) is 8.07. The topological polar surface area (TPSA) is 58.1 Å². The van der Waals surface area contributed by atoms with Gasteiger partial charge in [0, 0.05) is 19.1 Å². The van der Waals surface area contributed by atoms with Crippen LogP contribution >= 0.6 is 0 Å². The Labute approximate surface area is 120 Å². The highest BCUT2D eigenvalue weighted by Crippen LogP contribution is 2.22. The Bertz CT molecular complexity index is 446. The van der Waals surface area contributed by atoms with Gasteiger partial charge in [0.2, 0.25) is 0 Å². The van der Waals surface area contributed by atoms with Gasteiger partial charge in [0.1, 0.15) is 5.82 Å². The molecule has 1 aliphatic heterocycles. The van der Waals surface area contributed by atoms with Crippen molar-refractivity contribution in [1.29, 1.82) is 0 Å². The van der Waals surface area contributed by atoms with E-state index in [9.17, 15) is 4.79 Å². The second-order valence-corrected chi connectivity index (χ2v) is 5.72. The fourth-order valence-corrected chi connectivity index (χ4v) is 2.51. The highest BCUT2D eigenvalue weighted by atomic mass is 16.2. The number of amides is 1. The van der Waals surface area contributed by atoms with E-state index in [-0.39, 0.29) is 5.91 Å². The molecule has 2 atom stereocenters. The SMILES string of the molecule is CCCNc1ccc(C(=O)N2CC(C)CCC2C)nn1. The number of piperidine rings is 1. The largest absolute Gasteiger partial charge is 0.369 e. The van der Waals surface area contributed by atoms with Gasteiger partial charge in [-0.2, -0.15) is 0 Å². The minimum absolute atomic E-state index is 0.00130. The van der Waals surface area contributed by atoms with Crippen molar-refractivity contribution in [2.24, 2.45) is 5.92 Å². The lowest BCUT2D eigenvalue weighted by atomic mass is 9.95. The molecule has 2 rings (SSSR count). The van der Waals surface area contributed by atoms with Crippen molar-refractivity contribution in [3.8, 4) is 0 Å². The quantitative estimate of drug-likeness (QED) is 0.918. The first-order valence-corrected chi connectivity index (χ1v) is 7.50. The van der Waals surface area contributed by atoms with Gasteiger partial charge in [-0.3, -0.25) is 4.79 Å². The Morgan fingerprint density at radius 3 is 2.80 bits per heavy atom.